The third-order valence-electron chi connectivity index (χ3n) is 3.35. The van der Waals surface area contributed by atoms with Crippen LogP contribution in [0.5, 0.6) is 0 Å². The SMILES string of the molecule is O=c1[nH]c2cccc(Br)c2n1CC1CCNC1. The number of H-pyrrole nitrogens is 1. The Balaban J connectivity index is 2.08. The first-order valence-electron chi connectivity index (χ1n) is 5.83. The van der Waals surface area contributed by atoms with Gasteiger partial charge in [-0.3, -0.25) is 4.57 Å². The van der Waals surface area contributed by atoms with Gasteiger partial charge in [-0.25, -0.2) is 4.79 Å². The summed E-state index contributed by atoms with van der Waals surface area (Å²) in [5.74, 6) is 0.554. The molecule has 1 aromatic heterocycles. The maximum Gasteiger partial charge on any atom is 0.326 e. The Morgan fingerprint density at radius 1 is 1.47 bits per heavy atom. The zero-order valence-electron chi connectivity index (χ0n) is 9.37. The predicted molar refractivity (Wildman–Crippen MR) is 71.2 cm³/mol. The summed E-state index contributed by atoms with van der Waals surface area (Å²) in [6, 6.07) is 5.84. The quantitative estimate of drug-likeness (QED) is 0.886. The van der Waals surface area contributed by atoms with Gasteiger partial charge in [-0.05, 0) is 53.5 Å². The summed E-state index contributed by atoms with van der Waals surface area (Å²) in [7, 11) is 0. The molecule has 1 unspecified atom stereocenters. The van der Waals surface area contributed by atoms with E-state index in [2.05, 4.69) is 26.2 Å². The summed E-state index contributed by atoms with van der Waals surface area (Å²) in [5, 5.41) is 3.33. The molecule has 1 saturated heterocycles. The summed E-state index contributed by atoms with van der Waals surface area (Å²) in [5.41, 5.74) is 1.86. The van der Waals surface area contributed by atoms with Gasteiger partial charge in [0.25, 0.3) is 0 Å². The number of hydrogen-bond donors (Lipinski definition) is 2. The molecule has 5 heteroatoms. The summed E-state index contributed by atoms with van der Waals surface area (Å²) < 4.78 is 2.82. The van der Waals surface area contributed by atoms with E-state index in [0.29, 0.717) is 5.92 Å². The highest BCUT2D eigenvalue weighted by molar-refractivity contribution is 9.10. The fraction of sp³-hybridized carbons (Fsp3) is 0.417. The molecular formula is C12H14BrN3O. The number of nitrogens with one attached hydrogen (secondary N) is 2. The van der Waals surface area contributed by atoms with E-state index in [1.54, 1.807) is 0 Å². The fourth-order valence-corrected chi connectivity index (χ4v) is 3.06. The topological polar surface area (TPSA) is 49.8 Å². The minimum absolute atomic E-state index is 0.0150. The number of aromatic amines is 1. The molecule has 1 atom stereocenters. The van der Waals surface area contributed by atoms with Gasteiger partial charge in [0.2, 0.25) is 0 Å². The monoisotopic (exact) mass is 295 g/mol. The fourth-order valence-electron chi connectivity index (χ4n) is 2.48. The van der Waals surface area contributed by atoms with E-state index in [1.165, 1.54) is 0 Å². The van der Waals surface area contributed by atoms with E-state index in [-0.39, 0.29) is 5.69 Å². The Hall–Kier alpha value is -1.07. The highest BCUT2D eigenvalue weighted by Crippen LogP contribution is 2.22. The van der Waals surface area contributed by atoms with Gasteiger partial charge >= 0.3 is 5.69 Å². The van der Waals surface area contributed by atoms with Gasteiger partial charge in [0, 0.05) is 11.0 Å². The number of fused-ring (bicyclic) bond motifs is 1. The van der Waals surface area contributed by atoms with Gasteiger partial charge < -0.3 is 10.3 Å². The molecular weight excluding hydrogens is 282 g/mol. The van der Waals surface area contributed by atoms with Crippen LogP contribution < -0.4 is 11.0 Å². The summed E-state index contributed by atoms with van der Waals surface area (Å²) >= 11 is 3.52. The van der Waals surface area contributed by atoms with Crippen molar-refractivity contribution >= 4 is 27.0 Å². The molecule has 1 fully saturated rings. The lowest BCUT2D eigenvalue weighted by Crippen LogP contribution is -2.23. The summed E-state index contributed by atoms with van der Waals surface area (Å²) in [4.78, 5) is 14.8. The van der Waals surface area contributed by atoms with Gasteiger partial charge in [-0.15, -0.1) is 0 Å². The van der Waals surface area contributed by atoms with Crippen LogP contribution in [0, 0.1) is 5.92 Å². The number of halogens is 1. The Morgan fingerprint density at radius 2 is 2.35 bits per heavy atom. The molecule has 1 aromatic carbocycles. The van der Waals surface area contributed by atoms with E-state index in [0.717, 1.165) is 41.6 Å². The highest BCUT2D eigenvalue weighted by atomic mass is 79.9. The molecule has 90 valence electrons. The van der Waals surface area contributed by atoms with Crippen LogP contribution in [0.3, 0.4) is 0 Å². The van der Waals surface area contributed by atoms with Crippen LogP contribution in [-0.4, -0.2) is 22.6 Å². The normalized spacial score (nSPS) is 20.2. The van der Waals surface area contributed by atoms with Crippen molar-refractivity contribution in [2.45, 2.75) is 13.0 Å². The van der Waals surface area contributed by atoms with Crippen molar-refractivity contribution in [3.05, 3.63) is 33.2 Å². The molecule has 0 spiro atoms. The van der Waals surface area contributed by atoms with Gasteiger partial charge in [-0.1, -0.05) is 6.07 Å². The van der Waals surface area contributed by atoms with Crippen molar-refractivity contribution in [2.24, 2.45) is 5.92 Å². The molecule has 1 aliphatic rings. The molecule has 0 saturated carbocycles. The number of para-hydroxylation sites is 1. The van der Waals surface area contributed by atoms with Crippen molar-refractivity contribution in [3.8, 4) is 0 Å². The largest absolute Gasteiger partial charge is 0.326 e. The first kappa shape index (κ1) is 11.0. The first-order chi connectivity index (χ1) is 8.25. The molecule has 2 N–H and O–H groups in total. The van der Waals surface area contributed by atoms with Crippen molar-refractivity contribution in [2.75, 3.05) is 13.1 Å². The number of imidazole rings is 1. The van der Waals surface area contributed by atoms with Crippen LogP contribution in [-0.2, 0) is 6.54 Å². The third-order valence-corrected chi connectivity index (χ3v) is 3.99. The molecule has 3 rings (SSSR count). The van der Waals surface area contributed by atoms with Crippen molar-refractivity contribution < 1.29 is 0 Å². The lowest BCUT2D eigenvalue weighted by atomic mass is 10.1. The third kappa shape index (κ3) is 1.93. The van der Waals surface area contributed by atoms with E-state index in [1.807, 2.05) is 22.8 Å². The van der Waals surface area contributed by atoms with Gasteiger partial charge in [0.15, 0.2) is 0 Å². The average Bonchev–Trinajstić information content (AvgIpc) is 2.89. The van der Waals surface area contributed by atoms with Gasteiger partial charge in [-0.2, -0.15) is 0 Å². The number of hydrogen-bond acceptors (Lipinski definition) is 2. The van der Waals surface area contributed by atoms with Crippen LogP contribution in [0.25, 0.3) is 11.0 Å². The molecule has 0 aliphatic carbocycles. The lowest BCUT2D eigenvalue weighted by molar-refractivity contribution is 0.481. The maximum absolute atomic E-state index is 11.9. The number of benzene rings is 1. The Kier molecular flexibility index (Phi) is 2.80. The van der Waals surface area contributed by atoms with E-state index in [9.17, 15) is 4.79 Å². The van der Waals surface area contributed by atoms with Crippen molar-refractivity contribution in [1.29, 1.82) is 0 Å². The maximum atomic E-state index is 11.9. The summed E-state index contributed by atoms with van der Waals surface area (Å²) in [6.45, 7) is 2.85. The van der Waals surface area contributed by atoms with E-state index in [4.69, 9.17) is 0 Å². The molecule has 2 aromatic rings. The molecule has 17 heavy (non-hydrogen) atoms. The number of nitrogens with zero attached hydrogens (tertiary/aromatic N) is 1. The zero-order valence-corrected chi connectivity index (χ0v) is 11.0. The highest BCUT2D eigenvalue weighted by Gasteiger charge is 2.18. The number of rotatable bonds is 2. The Morgan fingerprint density at radius 3 is 3.12 bits per heavy atom. The second kappa shape index (κ2) is 4.31. The van der Waals surface area contributed by atoms with E-state index < -0.39 is 0 Å². The van der Waals surface area contributed by atoms with Crippen molar-refractivity contribution in [1.82, 2.24) is 14.9 Å². The zero-order chi connectivity index (χ0) is 11.8. The van der Waals surface area contributed by atoms with Crippen LogP contribution >= 0.6 is 15.9 Å². The first-order valence-corrected chi connectivity index (χ1v) is 6.63. The summed E-state index contributed by atoms with van der Waals surface area (Å²) in [6.07, 6.45) is 1.14. The second-order valence-electron chi connectivity index (χ2n) is 4.54. The number of aromatic nitrogens is 2. The lowest BCUT2D eigenvalue weighted by Gasteiger charge is -2.09. The van der Waals surface area contributed by atoms with Crippen LogP contribution in [0.4, 0.5) is 0 Å². The molecule has 0 radical (unpaired) electrons. The standard InChI is InChI=1S/C12H14BrN3O/c13-9-2-1-3-10-11(9)16(12(17)15-10)7-8-4-5-14-6-8/h1-3,8,14H,4-7H2,(H,15,17). The Bertz CT molecular complexity index is 595. The second-order valence-corrected chi connectivity index (χ2v) is 5.39. The minimum Gasteiger partial charge on any atom is -0.316 e. The van der Waals surface area contributed by atoms with Crippen LogP contribution in [0.2, 0.25) is 0 Å². The Labute approximate surface area is 107 Å². The minimum atomic E-state index is -0.0150. The molecule has 0 bridgehead atoms. The smallest absolute Gasteiger partial charge is 0.316 e. The van der Waals surface area contributed by atoms with Crippen LogP contribution in [0.1, 0.15) is 6.42 Å². The molecule has 4 nitrogen and oxygen atoms in total. The predicted octanol–water partition coefficient (Wildman–Crippen LogP) is 1.70. The van der Waals surface area contributed by atoms with E-state index >= 15 is 0 Å². The molecule has 2 heterocycles. The average molecular weight is 296 g/mol. The van der Waals surface area contributed by atoms with Crippen LogP contribution in [0.15, 0.2) is 27.5 Å². The van der Waals surface area contributed by atoms with Crippen molar-refractivity contribution in [3.63, 3.8) is 0 Å². The molecule has 0 amide bonds. The van der Waals surface area contributed by atoms with Gasteiger partial charge in [0.05, 0.1) is 11.0 Å². The molecule has 1 aliphatic heterocycles. The van der Waals surface area contributed by atoms with Gasteiger partial charge in [0.1, 0.15) is 0 Å².